The molecule has 0 aromatic carbocycles. The SMILES string of the molecule is CC(Nc1cncc(-c2csc(/C=C3/SC(=O)NC3=O)c2)n1)C1CC1. The summed E-state index contributed by atoms with van der Waals surface area (Å²) in [5.41, 5.74) is 1.73. The van der Waals surface area contributed by atoms with Crippen LogP contribution in [0, 0.1) is 5.92 Å². The average molecular weight is 372 g/mol. The van der Waals surface area contributed by atoms with Gasteiger partial charge in [0, 0.05) is 21.9 Å². The summed E-state index contributed by atoms with van der Waals surface area (Å²) < 4.78 is 0. The van der Waals surface area contributed by atoms with Gasteiger partial charge in [-0.2, -0.15) is 0 Å². The van der Waals surface area contributed by atoms with Crippen LogP contribution in [0.15, 0.2) is 28.7 Å². The highest BCUT2D eigenvalue weighted by molar-refractivity contribution is 8.18. The monoisotopic (exact) mass is 372 g/mol. The molecule has 0 spiro atoms. The summed E-state index contributed by atoms with van der Waals surface area (Å²) in [5.74, 6) is 1.17. The first kappa shape index (κ1) is 16.3. The molecular formula is C17H16N4O2S2. The Morgan fingerprint density at radius 1 is 1.36 bits per heavy atom. The van der Waals surface area contributed by atoms with Crippen molar-refractivity contribution in [3.63, 3.8) is 0 Å². The minimum absolute atomic E-state index is 0.331. The standard InChI is InChI=1S/C17H16N4O2S2/c1-9(10-2-3-10)19-15-7-18-6-13(20-15)11-4-12(24-8-11)5-14-16(22)21-17(23)25-14/h4-10H,2-3H2,1H3,(H,19,20)(H,21,22,23)/b14-5+. The molecule has 0 radical (unpaired) electrons. The fourth-order valence-electron chi connectivity index (χ4n) is 2.64. The second-order valence-corrected chi connectivity index (χ2v) is 8.11. The summed E-state index contributed by atoms with van der Waals surface area (Å²) in [5, 5.41) is 7.32. The Bertz CT molecular complexity index is 873. The zero-order valence-corrected chi connectivity index (χ0v) is 15.1. The molecule has 2 N–H and O–H groups in total. The van der Waals surface area contributed by atoms with Crippen LogP contribution in [0.3, 0.4) is 0 Å². The van der Waals surface area contributed by atoms with E-state index in [0.717, 1.165) is 39.6 Å². The second kappa shape index (κ2) is 6.61. The molecule has 128 valence electrons. The fourth-order valence-corrected chi connectivity index (χ4v) is 4.22. The van der Waals surface area contributed by atoms with Gasteiger partial charge in [-0.25, -0.2) is 4.98 Å². The maximum absolute atomic E-state index is 11.6. The first-order valence-electron chi connectivity index (χ1n) is 8.01. The minimum atomic E-state index is -0.343. The molecule has 1 saturated carbocycles. The van der Waals surface area contributed by atoms with Gasteiger partial charge in [-0.3, -0.25) is 19.9 Å². The second-order valence-electron chi connectivity index (χ2n) is 6.15. The van der Waals surface area contributed by atoms with Crippen molar-refractivity contribution in [2.24, 2.45) is 5.92 Å². The molecule has 1 saturated heterocycles. The highest BCUT2D eigenvalue weighted by Crippen LogP contribution is 2.34. The van der Waals surface area contributed by atoms with Gasteiger partial charge < -0.3 is 5.32 Å². The van der Waals surface area contributed by atoms with Gasteiger partial charge >= 0.3 is 0 Å². The van der Waals surface area contributed by atoms with E-state index in [1.54, 1.807) is 18.5 Å². The zero-order chi connectivity index (χ0) is 17.4. The van der Waals surface area contributed by atoms with Crippen LogP contribution in [0.1, 0.15) is 24.6 Å². The van der Waals surface area contributed by atoms with Gasteiger partial charge in [-0.15, -0.1) is 11.3 Å². The van der Waals surface area contributed by atoms with Crippen molar-refractivity contribution in [2.45, 2.75) is 25.8 Å². The number of nitrogens with zero attached hydrogens (tertiary/aromatic N) is 2. The smallest absolute Gasteiger partial charge is 0.290 e. The summed E-state index contributed by atoms with van der Waals surface area (Å²) in [7, 11) is 0. The molecule has 8 heteroatoms. The Kier molecular flexibility index (Phi) is 4.30. The van der Waals surface area contributed by atoms with Crippen LogP contribution in [0.5, 0.6) is 0 Å². The third kappa shape index (κ3) is 3.74. The number of imide groups is 1. The number of carbonyl (C=O) groups is 2. The van der Waals surface area contributed by atoms with Crippen molar-refractivity contribution in [3.8, 4) is 11.3 Å². The lowest BCUT2D eigenvalue weighted by Gasteiger charge is -2.13. The van der Waals surface area contributed by atoms with Crippen LogP contribution < -0.4 is 10.6 Å². The number of carbonyl (C=O) groups excluding carboxylic acids is 2. The Balaban J connectivity index is 1.52. The third-order valence-electron chi connectivity index (χ3n) is 4.17. The minimum Gasteiger partial charge on any atom is -0.366 e. The number of rotatable bonds is 5. The average Bonchev–Trinajstić information content (AvgIpc) is 3.26. The molecule has 4 rings (SSSR count). The summed E-state index contributed by atoms with van der Waals surface area (Å²) in [6, 6.07) is 2.36. The van der Waals surface area contributed by atoms with Crippen LogP contribution in [0.4, 0.5) is 10.6 Å². The number of amides is 2. The van der Waals surface area contributed by atoms with Gasteiger partial charge in [-0.1, -0.05) is 0 Å². The van der Waals surface area contributed by atoms with Gasteiger partial charge in [0.25, 0.3) is 11.1 Å². The van der Waals surface area contributed by atoms with E-state index >= 15 is 0 Å². The number of nitrogens with one attached hydrogen (secondary N) is 2. The molecule has 1 aliphatic carbocycles. The van der Waals surface area contributed by atoms with E-state index in [1.165, 1.54) is 24.2 Å². The molecule has 1 unspecified atom stereocenters. The van der Waals surface area contributed by atoms with Crippen LogP contribution in [-0.2, 0) is 4.79 Å². The van der Waals surface area contributed by atoms with Crippen LogP contribution in [0.25, 0.3) is 17.3 Å². The van der Waals surface area contributed by atoms with E-state index in [9.17, 15) is 9.59 Å². The lowest BCUT2D eigenvalue weighted by Crippen LogP contribution is -2.18. The first-order valence-corrected chi connectivity index (χ1v) is 9.70. The number of aromatic nitrogens is 2. The van der Waals surface area contributed by atoms with E-state index in [4.69, 9.17) is 0 Å². The van der Waals surface area contributed by atoms with Crippen LogP contribution in [0.2, 0.25) is 0 Å². The molecular weight excluding hydrogens is 356 g/mol. The third-order valence-corrected chi connectivity index (χ3v) is 5.86. The summed E-state index contributed by atoms with van der Waals surface area (Å²) in [4.78, 5) is 33.1. The molecule has 2 aliphatic rings. The maximum atomic E-state index is 11.6. The molecule has 0 bridgehead atoms. The number of hydrogen-bond donors (Lipinski definition) is 2. The molecule has 2 fully saturated rings. The largest absolute Gasteiger partial charge is 0.366 e. The Labute approximate surface area is 153 Å². The van der Waals surface area contributed by atoms with E-state index < -0.39 is 0 Å². The van der Waals surface area contributed by atoms with Crippen LogP contribution in [-0.4, -0.2) is 27.2 Å². The molecule has 25 heavy (non-hydrogen) atoms. The summed E-state index contributed by atoms with van der Waals surface area (Å²) >= 11 is 2.42. The van der Waals surface area contributed by atoms with Crippen molar-refractivity contribution in [3.05, 3.63) is 33.6 Å². The molecule has 3 heterocycles. The predicted molar refractivity (Wildman–Crippen MR) is 100 cm³/mol. The maximum Gasteiger partial charge on any atom is 0.290 e. The Morgan fingerprint density at radius 2 is 2.20 bits per heavy atom. The first-order chi connectivity index (χ1) is 12.1. The predicted octanol–water partition coefficient (Wildman–Crippen LogP) is 3.74. The molecule has 2 aromatic rings. The normalized spacial score (nSPS) is 20.0. The van der Waals surface area contributed by atoms with Gasteiger partial charge in [-0.05, 0) is 49.6 Å². The van der Waals surface area contributed by atoms with Crippen LogP contribution >= 0.6 is 23.1 Å². The van der Waals surface area contributed by atoms with E-state index in [2.05, 4.69) is 27.5 Å². The zero-order valence-electron chi connectivity index (χ0n) is 13.5. The quantitative estimate of drug-likeness (QED) is 0.778. The Hall–Kier alpha value is -2.19. The molecule has 1 aliphatic heterocycles. The van der Waals surface area contributed by atoms with Crippen molar-refractivity contribution < 1.29 is 9.59 Å². The van der Waals surface area contributed by atoms with Crippen molar-refractivity contribution in [1.82, 2.24) is 15.3 Å². The lowest BCUT2D eigenvalue weighted by molar-refractivity contribution is -0.115. The fraction of sp³-hybridized carbons (Fsp3) is 0.294. The Morgan fingerprint density at radius 3 is 2.92 bits per heavy atom. The van der Waals surface area contributed by atoms with Gasteiger partial charge in [0.15, 0.2) is 0 Å². The highest BCUT2D eigenvalue weighted by Gasteiger charge is 2.28. The van der Waals surface area contributed by atoms with E-state index in [-0.39, 0.29) is 11.1 Å². The molecule has 2 aromatic heterocycles. The van der Waals surface area contributed by atoms with Crippen molar-refractivity contribution in [2.75, 3.05) is 5.32 Å². The summed E-state index contributed by atoms with van der Waals surface area (Å²) in [6.45, 7) is 2.17. The lowest BCUT2D eigenvalue weighted by atomic mass is 10.2. The molecule has 6 nitrogen and oxygen atoms in total. The van der Waals surface area contributed by atoms with E-state index in [0.29, 0.717) is 10.9 Å². The highest BCUT2D eigenvalue weighted by atomic mass is 32.2. The van der Waals surface area contributed by atoms with Crippen molar-refractivity contribution in [1.29, 1.82) is 0 Å². The van der Waals surface area contributed by atoms with E-state index in [1.807, 2.05) is 11.4 Å². The van der Waals surface area contributed by atoms with Gasteiger partial charge in [0.2, 0.25) is 0 Å². The number of thiophene rings is 1. The molecule has 2 amide bonds. The van der Waals surface area contributed by atoms with Crippen molar-refractivity contribution >= 4 is 46.1 Å². The summed E-state index contributed by atoms with van der Waals surface area (Å²) in [6.07, 6.45) is 7.74. The topological polar surface area (TPSA) is 84.0 Å². The van der Waals surface area contributed by atoms with Gasteiger partial charge in [0.05, 0.1) is 23.0 Å². The number of anilines is 1. The molecule has 1 atom stereocenters. The van der Waals surface area contributed by atoms with Gasteiger partial charge in [0.1, 0.15) is 5.82 Å². The number of thioether (sulfide) groups is 1. The number of hydrogen-bond acceptors (Lipinski definition) is 7.